The second kappa shape index (κ2) is 22.4. The van der Waals surface area contributed by atoms with Gasteiger partial charge in [0, 0.05) is 54.2 Å². The quantitative estimate of drug-likeness (QED) is 0.135. The Hall–Kier alpha value is -6.81. The molecule has 2 aliphatic heterocycles. The summed E-state index contributed by atoms with van der Waals surface area (Å²) < 4.78 is 17.6. The van der Waals surface area contributed by atoms with Crippen molar-refractivity contribution < 1.29 is 23.6 Å². The molecule has 2 saturated heterocycles. The lowest BCUT2D eigenvalue weighted by Gasteiger charge is -2.43. The number of benzene rings is 5. The molecule has 9 nitrogen and oxygen atoms in total. The Morgan fingerprint density at radius 1 is 0.592 bits per heavy atom. The van der Waals surface area contributed by atoms with Crippen molar-refractivity contribution in [2.24, 2.45) is 17.8 Å². The standard InChI is InChI=1S/C66H78FN5O4/c1-42-28-29-54(44(3)34-42)63(75)71-31-16-25-55(58(71)35-45-19-11-10-12-20-45)61(73)69-52-37-48(36-50(40-52)66(7,8)9)47-30-33-70(41-47)53-24-14-21-46(38-53)60-56(62(74)68-51-23-15-22-49(39-51)65(4,5)6)26-17-32-72(60)64(76)59-43(2)18-13-27-57(59)67/h13-15,18,21-24,27-30,33-34,36-41,45,55-56,58,60H,10-12,16-17,19-20,25-26,31-32,35H2,1-9H3,(H,68,74)(H,69,73). The van der Waals surface area contributed by atoms with Gasteiger partial charge in [0.15, 0.2) is 0 Å². The molecule has 0 bridgehead atoms. The molecule has 9 rings (SSSR count). The lowest BCUT2D eigenvalue weighted by Crippen LogP contribution is -2.52. The Balaban J connectivity index is 1.02. The third-order valence-corrected chi connectivity index (χ3v) is 16.6. The van der Waals surface area contributed by atoms with Crippen LogP contribution in [-0.2, 0) is 20.4 Å². The third-order valence-electron chi connectivity index (χ3n) is 16.6. The molecule has 5 aromatic carbocycles. The first-order chi connectivity index (χ1) is 36.2. The summed E-state index contributed by atoms with van der Waals surface area (Å²) in [5.74, 6) is -1.72. The summed E-state index contributed by atoms with van der Waals surface area (Å²) in [6.45, 7) is 19.7. The number of hydrogen-bond acceptors (Lipinski definition) is 4. The Kier molecular flexibility index (Phi) is 15.9. The van der Waals surface area contributed by atoms with Crippen LogP contribution < -0.4 is 10.6 Å². The fourth-order valence-electron chi connectivity index (χ4n) is 12.3. The maximum atomic E-state index is 15.6. The second-order valence-corrected chi connectivity index (χ2v) is 24.3. The van der Waals surface area contributed by atoms with E-state index in [1.807, 2.05) is 84.1 Å². The number of hydrogen-bond donors (Lipinski definition) is 2. The molecule has 3 heterocycles. The monoisotopic (exact) mass is 1020 g/mol. The van der Waals surface area contributed by atoms with Gasteiger partial charge in [0.25, 0.3) is 11.8 Å². The van der Waals surface area contributed by atoms with Crippen LogP contribution in [0.2, 0.25) is 0 Å². The number of aromatic nitrogens is 1. The number of halogens is 1. The van der Waals surface area contributed by atoms with Crippen LogP contribution in [0.3, 0.4) is 0 Å². The lowest BCUT2D eigenvalue weighted by atomic mass is 9.78. The van der Waals surface area contributed by atoms with Gasteiger partial charge in [-0.3, -0.25) is 19.2 Å². The summed E-state index contributed by atoms with van der Waals surface area (Å²) in [7, 11) is 0. The van der Waals surface area contributed by atoms with Gasteiger partial charge in [-0.2, -0.15) is 0 Å². The summed E-state index contributed by atoms with van der Waals surface area (Å²) in [6.07, 6.45) is 13.4. The minimum absolute atomic E-state index is 0.0215. The molecule has 4 unspecified atom stereocenters. The third kappa shape index (κ3) is 11.9. The molecule has 3 fully saturated rings. The van der Waals surface area contributed by atoms with Gasteiger partial charge >= 0.3 is 0 Å². The molecule has 398 valence electrons. The zero-order chi connectivity index (χ0) is 54.1. The van der Waals surface area contributed by atoms with Crippen LogP contribution in [0, 0.1) is 44.3 Å². The molecule has 76 heavy (non-hydrogen) atoms. The Morgan fingerprint density at radius 3 is 1.99 bits per heavy atom. The van der Waals surface area contributed by atoms with E-state index in [2.05, 4.69) is 94.8 Å². The summed E-state index contributed by atoms with van der Waals surface area (Å²) in [5, 5.41) is 6.60. The number of likely N-dealkylation sites (tertiary alicyclic amines) is 2. The zero-order valence-electron chi connectivity index (χ0n) is 46.3. The molecule has 1 aromatic heterocycles. The number of nitrogens with one attached hydrogen (secondary N) is 2. The van der Waals surface area contributed by atoms with Crippen LogP contribution in [0.25, 0.3) is 16.8 Å². The fraction of sp³-hybridized carbons (Fsp3) is 0.424. The van der Waals surface area contributed by atoms with E-state index in [4.69, 9.17) is 0 Å². The SMILES string of the molecule is Cc1ccc(C(=O)N2CCCC(C(=O)Nc3cc(-c4ccn(-c5cccc(C6C(C(=O)Nc7cccc(C(C)(C)C)c7)CCCN6C(=O)c6c(C)cccc6F)c5)c4)cc(C(C)(C)C)c3)C2CC2CCCCC2)c(C)c1. The summed E-state index contributed by atoms with van der Waals surface area (Å²) >= 11 is 0. The van der Waals surface area contributed by atoms with Crippen molar-refractivity contribution in [3.63, 3.8) is 0 Å². The number of carbonyl (C=O) groups excluding carboxylic acids is 4. The van der Waals surface area contributed by atoms with E-state index in [9.17, 15) is 19.2 Å². The van der Waals surface area contributed by atoms with Gasteiger partial charge in [-0.1, -0.05) is 134 Å². The number of anilines is 2. The summed E-state index contributed by atoms with van der Waals surface area (Å²) in [5.41, 5.74) is 10.1. The van der Waals surface area contributed by atoms with Crippen LogP contribution >= 0.6 is 0 Å². The molecular weight excluding hydrogens is 946 g/mol. The highest BCUT2D eigenvalue weighted by Crippen LogP contribution is 2.41. The van der Waals surface area contributed by atoms with E-state index < -0.39 is 23.7 Å². The minimum Gasteiger partial charge on any atom is -0.335 e. The Morgan fingerprint density at radius 2 is 1.26 bits per heavy atom. The first-order valence-corrected chi connectivity index (χ1v) is 27.8. The van der Waals surface area contributed by atoms with Gasteiger partial charge in [-0.15, -0.1) is 0 Å². The molecule has 1 saturated carbocycles. The number of rotatable bonds is 11. The fourth-order valence-corrected chi connectivity index (χ4v) is 12.3. The van der Waals surface area contributed by atoms with Gasteiger partial charge in [0.05, 0.1) is 23.4 Å². The first-order valence-electron chi connectivity index (χ1n) is 27.8. The topological polar surface area (TPSA) is 104 Å². The molecule has 1 aliphatic carbocycles. The molecule has 4 atom stereocenters. The Labute approximate surface area is 450 Å². The highest BCUT2D eigenvalue weighted by molar-refractivity contribution is 5.99. The van der Waals surface area contributed by atoms with Crippen molar-refractivity contribution in [3.05, 3.63) is 172 Å². The average molecular weight is 1020 g/mol. The summed E-state index contributed by atoms with van der Waals surface area (Å²) in [4.78, 5) is 62.3. The van der Waals surface area contributed by atoms with Crippen molar-refractivity contribution >= 4 is 35.0 Å². The van der Waals surface area contributed by atoms with Crippen molar-refractivity contribution in [2.45, 2.75) is 149 Å². The van der Waals surface area contributed by atoms with Crippen molar-refractivity contribution in [1.29, 1.82) is 0 Å². The van der Waals surface area contributed by atoms with E-state index >= 15 is 4.39 Å². The second-order valence-electron chi connectivity index (χ2n) is 24.3. The largest absolute Gasteiger partial charge is 0.335 e. The smallest absolute Gasteiger partial charge is 0.257 e. The number of nitrogens with zero attached hydrogens (tertiary/aromatic N) is 3. The number of aryl methyl sites for hydroxylation is 3. The van der Waals surface area contributed by atoms with Gasteiger partial charge in [0.2, 0.25) is 11.8 Å². The first kappa shape index (κ1) is 54.0. The van der Waals surface area contributed by atoms with E-state index in [-0.39, 0.29) is 46.1 Å². The van der Waals surface area contributed by atoms with Crippen LogP contribution in [0.15, 0.2) is 122 Å². The molecule has 10 heteroatoms. The van der Waals surface area contributed by atoms with Gasteiger partial charge in [-0.05, 0) is 163 Å². The van der Waals surface area contributed by atoms with E-state index in [1.165, 1.54) is 25.3 Å². The van der Waals surface area contributed by atoms with E-state index in [1.54, 1.807) is 24.0 Å². The molecule has 6 aromatic rings. The van der Waals surface area contributed by atoms with Crippen LogP contribution in [-0.4, -0.2) is 57.1 Å². The maximum Gasteiger partial charge on any atom is 0.257 e. The van der Waals surface area contributed by atoms with E-state index in [0.29, 0.717) is 48.7 Å². The minimum atomic E-state index is -0.681. The van der Waals surface area contributed by atoms with E-state index in [0.717, 1.165) is 82.4 Å². The predicted octanol–water partition coefficient (Wildman–Crippen LogP) is 14.9. The highest BCUT2D eigenvalue weighted by Gasteiger charge is 2.42. The van der Waals surface area contributed by atoms with Gasteiger partial charge in [0.1, 0.15) is 5.82 Å². The maximum absolute atomic E-state index is 15.6. The molecule has 0 radical (unpaired) electrons. The number of piperidine rings is 2. The van der Waals surface area contributed by atoms with Crippen LogP contribution in [0.5, 0.6) is 0 Å². The Bertz CT molecular complexity index is 3100. The predicted molar refractivity (Wildman–Crippen MR) is 305 cm³/mol. The lowest BCUT2D eigenvalue weighted by molar-refractivity contribution is -0.124. The molecule has 3 aliphatic rings. The summed E-state index contributed by atoms with van der Waals surface area (Å²) in [6, 6.07) is 34.1. The van der Waals surface area contributed by atoms with Crippen molar-refractivity contribution in [2.75, 3.05) is 23.7 Å². The van der Waals surface area contributed by atoms with Crippen molar-refractivity contribution in [3.8, 4) is 16.8 Å². The average Bonchev–Trinajstić information content (AvgIpc) is 3.92. The molecular formula is C66H78FN5O4. The van der Waals surface area contributed by atoms with Gasteiger partial charge < -0.3 is 25.0 Å². The number of carbonyl (C=O) groups is 4. The molecule has 2 N–H and O–H groups in total. The van der Waals surface area contributed by atoms with Gasteiger partial charge in [-0.25, -0.2) is 4.39 Å². The van der Waals surface area contributed by atoms with Crippen molar-refractivity contribution in [1.82, 2.24) is 14.4 Å². The zero-order valence-corrected chi connectivity index (χ0v) is 46.3. The molecule has 4 amide bonds. The van der Waals surface area contributed by atoms with Crippen LogP contribution in [0.4, 0.5) is 15.8 Å². The molecule has 0 spiro atoms. The highest BCUT2D eigenvalue weighted by atomic mass is 19.1. The normalized spacial score (nSPS) is 19.6. The number of amides is 4. The van der Waals surface area contributed by atoms with Crippen LogP contribution in [0.1, 0.15) is 166 Å².